The van der Waals surface area contributed by atoms with Crippen molar-refractivity contribution >= 4 is 29.4 Å². The SMILES string of the molecule is O=C(COC(=O)CN1C(=O)c2ccccc2C1=O)Nc1ccccc1-c1ccccc1. The van der Waals surface area contributed by atoms with Gasteiger partial charge in [0.15, 0.2) is 6.61 Å². The van der Waals surface area contributed by atoms with E-state index in [2.05, 4.69) is 5.32 Å². The monoisotopic (exact) mass is 414 g/mol. The molecular formula is C24H18N2O5. The molecule has 7 heteroatoms. The number of hydrogen-bond donors (Lipinski definition) is 1. The summed E-state index contributed by atoms with van der Waals surface area (Å²) in [5.41, 5.74) is 2.83. The van der Waals surface area contributed by atoms with E-state index in [1.165, 1.54) is 12.1 Å². The Morgan fingerprint density at radius 2 is 1.29 bits per heavy atom. The number of nitrogens with zero attached hydrogens (tertiary/aromatic N) is 1. The number of benzene rings is 3. The van der Waals surface area contributed by atoms with E-state index < -0.39 is 36.8 Å². The van der Waals surface area contributed by atoms with E-state index in [0.29, 0.717) is 5.69 Å². The van der Waals surface area contributed by atoms with Crippen LogP contribution in [0.4, 0.5) is 5.69 Å². The number of carbonyl (C=O) groups is 4. The first kappa shape index (κ1) is 20.0. The second-order valence-electron chi connectivity index (χ2n) is 6.86. The van der Waals surface area contributed by atoms with Crippen LogP contribution in [0.2, 0.25) is 0 Å². The van der Waals surface area contributed by atoms with Gasteiger partial charge in [-0.2, -0.15) is 0 Å². The van der Waals surface area contributed by atoms with Crippen molar-refractivity contribution in [3.05, 3.63) is 90.0 Å². The predicted molar refractivity (Wildman–Crippen MR) is 113 cm³/mol. The quantitative estimate of drug-likeness (QED) is 0.494. The van der Waals surface area contributed by atoms with E-state index in [1.807, 2.05) is 42.5 Å². The predicted octanol–water partition coefficient (Wildman–Crippen LogP) is 3.13. The highest BCUT2D eigenvalue weighted by atomic mass is 16.5. The molecule has 0 saturated heterocycles. The van der Waals surface area contributed by atoms with Crippen LogP contribution < -0.4 is 5.32 Å². The fourth-order valence-electron chi connectivity index (χ4n) is 3.35. The third kappa shape index (κ3) is 4.20. The van der Waals surface area contributed by atoms with Crippen molar-refractivity contribution in [3.8, 4) is 11.1 Å². The maximum atomic E-state index is 12.3. The number of nitrogens with one attached hydrogen (secondary N) is 1. The highest BCUT2D eigenvalue weighted by Gasteiger charge is 2.36. The van der Waals surface area contributed by atoms with Crippen molar-refractivity contribution in [1.29, 1.82) is 0 Å². The van der Waals surface area contributed by atoms with Crippen molar-refractivity contribution in [2.24, 2.45) is 0 Å². The van der Waals surface area contributed by atoms with Crippen LogP contribution in [0.1, 0.15) is 20.7 Å². The standard InChI is InChI=1S/C24H18N2O5/c27-21(25-20-13-7-6-10-17(20)16-8-2-1-3-9-16)15-31-22(28)14-26-23(29)18-11-4-5-12-19(18)24(26)30/h1-13H,14-15H2,(H,25,27). The lowest BCUT2D eigenvalue weighted by Crippen LogP contribution is -2.36. The zero-order valence-corrected chi connectivity index (χ0v) is 16.4. The molecule has 0 spiro atoms. The number of hydrogen-bond acceptors (Lipinski definition) is 5. The molecule has 1 heterocycles. The lowest BCUT2D eigenvalue weighted by molar-refractivity contribution is -0.147. The number of imide groups is 1. The summed E-state index contributed by atoms with van der Waals surface area (Å²) >= 11 is 0. The average molecular weight is 414 g/mol. The molecular weight excluding hydrogens is 396 g/mol. The van der Waals surface area contributed by atoms with Crippen molar-refractivity contribution in [2.75, 3.05) is 18.5 Å². The van der Waals surface area contributed by atoms with Gasteiger partial charge in [0.05, 0.1) is 11.1 Å². The van der Waals surface area contributed by atoms with Crippen LogP contribution >= 0.6 is 0 Å². The van der Waals surface area contributed by atoms with Crippen molar-refractivity contribution in [1.82, 2.24) is 4.90 Å². The Balaban J connectivity index is 1.35. The first-order valence-corrected chi connectivity index (χ1v) is 9.60. The number of para-hydroxylation sites is 1. The molecule has 3 aromatic carbocycles. The van der Waals surface area contributed by atoms with Gasteiger partial charge in [0.25, 0.3) is 17.7 Å². The van der Waals surface area contributed by atoms with E-state index in [-0.39, 0.29) is 11.1 Å². The molecule has 0 fully saturated rings. The summed E-state index contributed by atoms with van der Waals surface area (Å²) in [5, 5.41) is 2.73. The molecule has 4 rings (SSSR count). The summed E-state index contributed by atoms with van der Waals surface area (Å²) < 4.78 is 4.98. The lowest BCUT2D eigenvalue weighted by Gasteiger charge is -2.14. The molecule has 0 atom stereocenters. The van der Waals surface area contributed by atoms with Gasteiger partial charge in [-0.1, -0.05) is 60.7 Å². The number of esters is 1. The Hall–Kier alpha value is -4.26. The van der Waals surface area contributed by atoms with Gasteiger partial charge in [-0.3, -0.25) is 24.1 Å². The van der Waals surface area contributed by atoms with E-state index in [9.17, 15) is 19.2 Å². The third-order valence-electron chi connectivity index (χ3n) is 4.82. The maximum absolute atomic E-state index is 12.3. The van der Waals surface area contributed by atoms with Gasteiger partial charge in [0.1, 0.15) is 6.54 Å². The molecule has 31 heavy (non-hydrogen) atoms. The van der Waals surface area contributed by atoms with E-state index >= 15 is 0 Å². The second-order valence-corrected chi connectivity index (χ2v) is 6.86. The molecule has 1 aliphatic heterocycles. The molecule has 1 aliphatic rings. The summed E-state index contributed by atoms with van der Waals surface area (Å²) in [5.74, 6) is -2.49. The zero-order valence-electron chi connectivity index (χ0n) is 16.4. The van der Waals surface area contributed by atoms with Crippen molar-refractivity contribution < 1.29 is 23.9 Å². The fourth-order valence-corrected chi connectivity index (χ4v) is 3.35. The largest absolute Gasteiger partial charge is 0.454 e. The average Bonchev–Trinajstić information content (AvgIpc) is 3.04. The number of fused-ring (bicyclic) bond motifs is 1. The molecule has 3 amide bonds. The molecule has 1 N–H and O–H groups in total. The topological polar surface area (TPSA) is 92.8 Å². The molecule has 0 bridgehead atoms. The van der Waals surface area contributed by atoms with Crippen LogP contribution in [0.15, 0.2) is 78.9 Å². The second kappa shape index (κ2) is 8.62. The number of ether oxygens (including phenoxy) is 1. The Labute approximate surface area is 178 Å². The van der Waals surface area contributed by atoms with Crippen LogP contribution in [0, 0.1) is 0 Å². The zero-order chi connectivity index (χ0) is 21.8. The Morgan fingerprint density at radius 1 is 0.742 bits per heavy atom. The molecule has 0 aliphatic carbocycles. The molecule has 0 radical (unpaired) electrons. The Bertz CT molecular complexity index is 1140. The number of rotatable bonds is 6. The number of carbonyl (C=O) groups excluding carboxylic acids is 4. The van der Waals surface area contributed by atoms with Gasteiger partial charge in [0, 0.05) is 11.3 Å². The first-order chi connectivity index (χ1) is 15.0. The van der Waals surface area contributed by atoms with Crippen LogP contribution in [-0.2, 0) is 14.3 Å². The van der Waals surface area contributed by atoms with E-state index in [1.54, 1.807) is 24.3 Å². The first-order valence-electron chi connectivity index (χ1n) is 9.60. The minimum absolute atomic E-state index is 0.246. The smallest absolute Gasteiger partial charge is 0.326 e. The molecule has 154 valence electrons. The van der Waals surface area contributed by atoms with Crippen molar-refractivity contribution in [2.45, 2.75) is 0 Å². The highest BCUT2D eigenvalue weighted by molar-refractivity contribution is 6.22. The number of anilines is 1. The normalized spacial score (nSPS) is 12.5. The van der Waals surface area contributed by atoms with E-state index in [4.69, 9.17) is 4.74 Å². The fraction of sp³-hybridized carbons (Fsp3) is 0.0833. The van der Waals surface area contributed by atoms with Crippen LogP contribution in [0.3, 0.4) is 0 Å². The third-order valence-corrected chi connectivity index (χ3v) is 4.82. The minimum Gasteiger partial charge on any atom is -0.454 e. The van der Waals surface area contributed by atoms with Crippen LogP contribution in [0.5, 0.6) is 0 Å². The molecule has 0 unspecified atom stereocenters. The highest BCUT2D eigenvalue weighted by Crippen LogP contribution is 2.27. The maximum Gasteiger partial charge on any atom is 0.326 e. The minimum atomic E-state index is -0.846. The van der Waals surface area contributed by atoms with Gasteiger partial charge >= 0.3 is 5.97 Å². The Kier molecular flexibility index (Phi) is 5.57. The van der Waals surface area contributed by atoms with E-state index in [0.717, 1.165) is 16.0 Å². The van der Waals surface area contributed by atoms with Crippen LogP contribution in [0.25, 0.3) is 11.1 Å². The molecule has 7 nitrogen and oxygen atoms in total. The summed E-state index contributed by atoms with van der Waals surface area (Å²) in [6, 6.07) is 23.2. The molecule has 0 saturated carbocycles. The van der Waals surface area contributed by atoms with Crippen molar-refractivity contribution in [3.63, 3.8) is 0 Å². The van der Waals surface area contributed by atoms with Gasteiger partial charge in [-0.25, -0.2) is 0 Å². The Morgan fingerprint density at radius 3 is 1.94 bits per heavy atom. The lowest BCUT2D eigenvalue weighted by atomic mass is 10.0. The summed E-state index contributed by atoms with van der Waals surface area (Å²) in [7, 11) is 0. The molecule has 0 aromatic heterocycles. The summed E-state index contributed by atoms with van der Waals surface area (Å²) in [6.45, 7) is -1.09. The summed E-state index contributed by atoms with van der Waals surface area (Å²) in [6.07, 6.45) is 0. The van der Waals surface area contributed by atoms with Gasteiger partial charge in [-0.05, 0) is 23.8 Å². The summed E-state index contributed by atoms with van der Waals surface area (Å²) in [4.78, 5) is 49.9. The van der Waals surface area contributed by atoms with Crippen LogP contribution in [-0.4, -0.2) is 41.7 Å². The van der Waals surface area contributed by atoms with Gasteiger partial charge in [0.2, 0.25) is 0 Å². The number of amides is 3. The van der Waals surface area contributed by atoms with Gasteiger partial charge in [-0.15, -0.1) is 0 Å². The molecule has 3 aromatic rings. The van der Waals surface area contributed by atoms with Gasteiger partial charge < -0.3 is 10.1 Å².